The standard InChI is InChI=1S/C57H87N6O10P/c1-41(2)20-19-21-42(3)48-28-29-49-47-27-22-43-40-46(32-34-56(43,4)50(47)33-35-57(48,49)5)72-74(69,71-45-25-23-44(24-26-45)62(65)66)39-18-14-10-8-6-7-9-13-17-38-70-55(64)59-37-16-12-11-15-36-58-51-30-31-52(63(67)68)54-53(51)60-73-61-54/h22-26,30-31,41-42,46-50,58H,6-21,27-29,32-40H2,1-5H3,(H,59,64)/t42-,46?,47?,48-,49+,50+,56?,57?,74?/m1/s1. The summed E-state index contributed by atoms with van der Waals surface area (Å²) in [6.07, 6.45) is 28.1. The van der Waals surface area contributed by atoms with Crippen LogP contribution in [0.25, 0.3) is 11.0 Å². The average Bonchev–Trinajstić information content (AvgIpc) is 4.01. The van der Waals surface area contributed by atoms with Crippen LogP contribution in [0.2, 0.25) is 0 Å². The highest BCUT2D eigenvalue weighted by atomic mass is 31.2. The fraction of sp³-hybridized carbons (Fsp3) is 0.737. The number of amides is 1. The van der Waals surface area contributed by atoms with Gasteiger partial charge in [-0.1, -0.05) is 123 Å². The van der Waals surface area contributed by atoms with Crippen molar-refractivity contribution in [2.24, 2.45) is 46.3 Å². The van der Waals surface area contributed by atoms with E-state index in [4.69, 9.17) is 18.4 Å². The van der Waals surface area contributed by atoms with Crippen LogP contribution in [0.4, 0.5) is 21.9 Å². The molecule has 17 heteroatoms. The quantitative estimate of drug-likeness (QED) is 0.0202. The molecule has 5 unspecified atom stereocenters. The lowest BCUT2D eigenvalue weighted by Gasteiger charge is -2.58. The molecule has 2 N–H and O–H groups in total. The number of allylic oxidation sites excluding steroid dienone is 1. The molecule has 0 spiro atoms. The van der Waals surface area contributed by atoms with Gasteiger partial charge in [0.2, 0.25) is 5.52 Å². The lowest BCUT2D eigenvalue weighted by molar-refractivity contribution is -0.384. The van der Waals surface area contributed by atoms with E-state index in [-0.39, 0.29) is 34.5 Å². The minimum absolute atomic E-state index is 0.0358. The highest BCUT2D eigenvalue weighted by molar-refractivity contribution is 7.54. The van der Waals surface area contributed by atoms with Gasteiger partial charge in [-0.3, -0.25) is 24.8 Å². The maximum Gasteiger partial charge on any atom is 0.407 e. The fourth-order valence-corrected chi connectivity index (χ4v) is 15.8. The highest BCUT2D eigenvalue weighted by Gasteiger charge is 2.59. The van der Waals surface area contributed by atoms with Crippen molar-refractivity contribution < 1.29 is 37.6 Å². The summed E-state index contributed by atoms with van der Waals surface area (Å²) < 4.78 is 37.7. The SMILES string of the molecule is CC(C)CCC[C@@H](C)[C@H]1CC[C@H]2C3CC=C4CC(OP(=O)(CCCCCCCCCCCOC(=O)NCCCCCCNc5ccc([N+](=O)[O-])c6nonc56)Oc5ccc([N+](=O)[O-])cc5)CCC4(C)[C@H]3CCC12C. The molecule has 3 saturated carbocycles. The van der Waals surface area contributed by atoms with Gasteiger partial charge >= 0.3 is 19.4 Å². The molecule has 9 atom stereocenters. The first-order valence-electron chi connectivity index (χ1n) is 28.6. The van der Waals surface area contributed by atoms with Crippen LogP contribution in [0, 0.1) is 66.6 Å². The minimum atomic E-state index is -3.57. The maximum atomic E-state index is 14.7. The number of alkyl carbamates (subject to hydrolysis) is 1. The predicted octanol–water partition coefficient (Wildman–Crippen LogP) is 15.9. The zero-order valence-electron chi connectivity index (χ0n) is 45.2. The lowest BCUT2D eigenvalue weighted by Crippen LogP contribution is -2.51. The summed E-state index contributed by atoms with van der Waals surface area (Å²) in [6.45, 7) is 14.0. The Morgan fingerprint density at radius 2 is 1.47 bits per heavy atom. The lowest BCUT2D eigenvalue weighted by atomic mass is 9.47. The number of hydrogen-bond acceptors (Lipinski definition) is 13. The Morgan fingerprint density at radius 1 is 0.784 bits per heavy atom. The largest absolute Gasteiger partial charge is 0.450 e. The number of unbranched alkanes of at least 4 members (excludes halogenated alkanes) is 11. The van der Waals surface area contributed by atoms with Crippen LogP contribution in [0.15, 0.2) is 52.7 Å². The van der Waals surface area contributed by atoms with E-state index in [1.807, 2.05) is 0 Å². The third-order valence-electron chi connectivity index (χ3n) is 18.0. The van der Waals surface area contributed by atoms with Crippen molar-refractivity contribution in [3.05, 3.63) is 68.3 Å². The molecule has 1 aromatic heterocycles. The Labute approximate surface area is 439 Å². The summed E-state index contributed by atoms with van der Waals surface area (Å²) in [5.74, 6) is 4.99. The van der Waals surface area contributed by atoms with E-state index in [2.05, 4.69) is 61.6 Å². The van der Waals surface area contributed by atoms with Gasteiger partial charge in [0.1, 0.15) is 5.75 Å². The first-order valence-corrected chi connectivity index (χ1v) is 30.3. The van der Waals surface area contributed by atoms with Crippen LogP contribution >= 0.6 is 7.60 Å². The van der Waals surface area contributed by atoms with Crippen molar-refractivity contribution in [3.8, 4) is 5.75 Å². The zero-order valence-corrected chi connectivity index (χ0v) is 46.1. The van der Waals surface area contributed by atoms with E-state index in [1.54, 1.807) is 6.07 Å². The van der Waals surface area contributed by atoms with Gasteiger partial charge in [-0.15, -0.1) is 0 Å². The summed E-state index contributed by atoms with van der Waals surface area (Å²) in [7, 11) is -3.57. The molecule has 0 bridgehead atoms. The van der Waals surface area contributed by atoms with E-state index in [9.17, 15) is 29.6 Å². The summed E-state index contributed by atoms with van der Waals surface area (Å²) in [5, 5.41) is 36.1. The molecule has 4 aliphatic carbocycles. The van der Waals surface area contributed by atoms with Gasteiger partial charge in [0, 0.05) is 31.3 Å². The first kappa shape index (κ1) is 57.2. The Balaban J connectivity index is 0.761. The van der Waals surface area contributed by atoms with Gasteiger partial charge in [0.05, 0.1) is 34.4 Å². The molecule has 3 aromatic rings. The number of nitrogens with zero attached hydrogens (tertiary/aromatic N) is 4. The summed E-state index contributed by atoms with van der Waals surface area (Å²) in [6, 6.07) is 8.86. The normalized spacial score (nSPS) is 25.5. The average molecular weight is 1050 g/mol. The van der Waals surface area contributed by atoms with Gasteiger partial charge in [-0.25, -0.2) is 14.0 Å². The molecule has 3 fully saturated rings. The van der Waals surface area contributed by atoms with Crippen molar-refractivity contribution in [1.82, 2.24) is 15.6 Å². The van der Waals surface area contributed by atoms with Crippen LogP contribution in [0.5, 0.6) is 5.75 Å². The second-order valence-electron chi connectivity index (χ2n) is 23.4. The molecule has 0 aliphatic heterocycles. The number of nitrogens with one attached hydrogen (secondary N) is 2. The molecule has 4 aliphatic rings. The monoisotopic (exact) mass is 1050 g/mol. The third-order valence-corrected chi connectivity index (χ3v) is 19.9. The van der Waals surface area contributed by atoms with Gasteiger partial charge in [0.25, 0.3) is 5.69 Å². The number of aromatic nitrogens is 2. The number of carbonyl (C=O) groups is 1. The number of nitro groups is 2. The summed E-state index contributed by atoms with van der Waals surface area (Å²) in [5.41, 5.74) is 3.02. The molecular weight excluding hydrogens is 960 g/mol. The van der Waals surface area contributed by atoms with Gasteiger partial charge < -0.3 is 19.9 Å². The predicted molar refractivity (Wildman–Crippen MR) is 290 cm³/mol. The van der Waals surface area contributed by atoms with Crippen molar-refractivity contribution >= 4 is 41.8 Å². The topological polar surface area (TPSA) is 211 Å². The molecule has 0 saturated heterocycles. The number of fused-ring (bicyclic) bond motifs is 6. The van der Waals surface area contributed by atoms with E-state index in [1.165, 1.54) is 80.9 Å². The maximum absolute atomic E-state index is 14.7. The number of non-ortho nitro benzene ring substituents is 2. The molecule has 410 valence electrons. The second kappa shape index (κ2) is 27.0. The summed E-state index contributed by atoms with van der Waals surface area (Å²) >= 11 is 0. The molecule has 7 rings (SSSR count). The number of hydrogen-bond donors (Lipinski definition) is 2. The second-order valence-corrected chi connectivity index (χ2v) is 25.4. The minimum Gasteiger partial charge on any atom is -0.450 e. The molecule has 16 nitrogen and oxygen atoms in total. The molecule has 1 amide bonds. The Morgan fingerprint density at radius 3 is 2.19 bits per heavy atom. The smallest absolute Gasteiger partial charge is 0.407 e. The summed E-state index contributed by atoms with van der Waals surface area (Å²) in [4.78, 5) is 33.8. The fourth-order valence-electron chi connectivity index (χ4n) is 13.9. The molecule has 0 radical (unpaired) electrons. The Bertz CT molecular complexity index is 2380. The Hall–Kier alpha value is -4.56. The number of benzene rings is 2. The van der Waals surface area contributed by atoms with Crippen molar-refractivity contribution in [1.29, 1.82) is 0 Å². The number of carbonyl (C=O) groups excluding carboxylic acids is 1. The van der Waals surface area contributed by atoms with E-state index >= 15 is 0 Å². The molecule has 1 heterocycles. The first-order chi connectivity index (χ1) is 35.6. The Kier molecular flexibility index (Phi) is 20.8. The van der Waals surface area contributed by atoms with Crippen molar-refractivity contribution in [3.63, 3.8) is 0 Å². The van der Waals surface area contributed by atoms with Gasteiger partial charge in [0.15, 0.2) is 5.52 Å². The molecule has 2 aromatic carbocycles. The molecular formula is C57H87N6O10P. The van der Waals surface area contributed by atoms with E-state index in [0.717, 1.165) is 132 Å². The van der Waals surface area contributed by atoms with Crippen LogP contribution in [0.1, 0.15) is 189 Å². The van der Waals surface area contributed by atoms with E-state index in [0.29, 0.717) is 60.6 Å². The van der Waals surface area contributed by atoms with Crippen molar-refractivity contribution in [2.75, 3.05) is 31.2 Å². The third kappa shape index (κ3) is 14.9. The van der Waals surface area contributed by atoms with Crippen LogP contribution in [-0.4, -0.2) is 58.2 Å². The van der Waals surface area contributed by atoms with E-state index < -0.39 is 17.4 Å². The van der Waals surface area contributed by atoms with Crippen LogP contribution < -0.4 is 15.2 Å². The molecule has 74 heavy (non-hydrogen) atoms. The van der Waals surface area contributed by atoms with Gasteiger partial charge in [-0.2, -0.15) is 0 Å². The number of rotatable bonds is 31. The van der Waals surface area contributed by atoms with Gasteiger partial charge in [-0.05, 0) is 152 Å². The van der Waals surface area contributed by atoms with Crippen molar-refractivity contribution in [2.45, 2.75) is 195 Å². The number of anilines is 1. The number of nitro benzene ring substituents is 2. The zero-order chi connectivity index (χ0) is 52.7. The van der Waals surface area contributed by atoms with Crippen LogP contribution in [0.3, 0.4) is 0 Å². The van der Waals surface area contributed by atoms with Crippen LogP contribution in [-0.2, 0) is 13.8 Å². The highest BCUT2D eigenvalue weighted by Crippen LogP contribution is 2.68. The number of ether oxygens (including phenoxy) is 1.